The van der Waals surface area contributed by atoms with E-state index >= 15 is 0 Å². The number of imidazole rings is 1. The molecule has 1 saturated heterocycles. The number of rotatable bonds is 8. The number of aromatic nitrogens is 2. The van der Waals surface area contributed by atoms with E-state index in [9.17, 15) is 9.59 Å². The van der Waals surface area contributed by atoms with E-state index in [1.807, 2.05) is 40.9 Å². The van der Waals surface area contributed by atoms with Crippen LogP contribution in [0.25, 0.3) is 0 Å². The van der Waals surface area contributed by atoms with Crippen molar-refractivity contribution in [3.63, 3.8) is 0 Å². The van der Waals surface area contributed by atoms with E-state index in [2.05, 4.69) is 27.3 Å². The summed E-state index contributed by atoms with van der Waals surface area (Å²) in [4.78, 5) is 33.3. The summed E-state index contributed by atoms with van der Waals surface area (Å²) in [5.41, 5.74) is 1.72. The Morgan fingerprint density at radius 3 is 2.39 bits per heavy atom. The Balaban J connectivity index is 1.17. The molecule has 1 aromatic heterocycles. The molecule has 0 spiro atoms. The molecule has 0 aliphatic carbocycles. The maximum absolute atomic E-state index is 12.5. The number of carbonyl (C=O) groups excluding carboxylic acids is 2. The highest BCUT2D eigenvalue weighted by atomic mass is 16.5. The summed E-state index contributed by atoms with van der Waals surface area (Å²) in [6.07, 6.45) is 3.88. The molecule has 0 unspecified atom stereocenters. The second-order valence-electron chi connectivity index (χ2n) is 7.98. The highest BCUT2D eigenvalue weighted by Crippen LogP contribution is 2.16. The summed E-state index contributed by atoms with van der Waals surface area (Å²) < 4.78 is 7.61. The molecule has 4 rings (SSSR count). The molecule has 33 heavy (non-hydrogen) atoms. The van der Waals surface area contributed by atoms with Crippen molar-refractivity contribution in [2.45, 2.75) is 13.0 Å². The number of hydrogen-bond donors (Lipinski definition) is 1. The number of carbonyl (C=O) groups is 2. The third kappa shape index (κ3) is 5.91. The van der Waals surface area contributed by atoms with Crippen LogP contribution in [0, 0.1) is 0 Å². The average Bonchev–Trinajstić information content (AvgIpc) is 3.28. The number of ether oxygens (including phenoxy) is 1. The van der Waals surface area contributed by atoms with Crippen LogP contribution in [-0.2, 0) is 18.4 Å². The Kier molecular flexibility index (Phi) is 7.24. The molecule has 1 N–H and O–H groups in total. The molecule has 0 saturated carbocycles. The topological polar surface area (TPSA) is 79.7 Å². The van der Waals surface area contributed by atoms with Crippen molar-refractivity contribution < 1.29 is 14.3 Å². The predicted octanol–water partition coefficient (Wildman–Crippen LogP) is 2.47. The van der Waals surface area contributed by atoms with Gasteiger partial charge in [-0.15, -0.1) is 0 Å². The molecular formula is C25H29N5O3. The smallest absolute Gasteiger partial charge is 0.251 e. The third-order valence-corrected chi connectivity index (χ3v) is 5.78. The van der Waals surface area contributed by atoms with Crippen molar-refractivity contribution >= 4 is 17.5 Å². The molecule has 0 radical (unpaired) electrons. The second kappa shape index (κ2) is 10.7. The van der Waals surface area contributed by atoms with Gasteiger partial charge in [0.2, 0.25) is 5.91 Å². The molecule has 3 aromatic rings. The first-order chi connectivity index (χ1) is 16.1. The fraction of sp³-hybridized carbons (Fsp3) is 0.320. The van der Waals surface area contributed by atoms with Crippen molar-refractivity contribution in [2.24, 2.45) is 7.05 Å². The second-order valence-corrected chi connectivity index (χ2v) is 7.98. The van der Waals surface area contributed by atoms with Gasteiger partial charge in [0.15, 0.2) is 0 Å². The lowest BCUT2D eigenvalue weighted by molar-refractivity contribution is -0.131. The van der Waals surface area contributed by atoms with E-state index in [4.69, 9.17) is 4.74 Å². The van der Waals surface area contributed by atoms with Crippen LogP contribution in [0.4, 0.5) is 5.69 Å². The number of hydrogen-bond acceptors (Lipinski definition) is 5. The van der Waals surface area contributed by atoms with Gasteiger partial charge in [0, 0.05) is 69.8 Å². The van der Waals surface area contributed by atoms with Crippen LogP contribution >= 0.6 is 0 Å². The van der Waals surface area contributed by atoms with E-state index < -0.39 is 0 Å². The van der Waals surface area contributed by atoms with Crippen molar-refractivity contribution in [2.75, 3.05) is 37.6 Å². The summed E-state index contributed by atoms with van der Waals surface area (Å²) in [5.74, 6) is 1.36. The Hall–Kier alpha value is -3.81. The summed E-state index contributed by atoms with van der Waals surface area (Å²) in [6, 6.07) is 17.2. The maximum atomic E-state index is 12.5. The molecule has 1 aliphatic heterocycles. The average molecular weight is 448 g/mol. The number of anilines is 1. The van der Waals surface area contributed by atoms with Crippen molar-refractivity contribution in [1.29, 1.82) is 0 Å². The zero-order chi connectivity index (χ0) is 23.0. The number of nitrogens with zero attached hydrogens (tertiary/aromatic N) is 4. The van der Waals surface area contributed by atoms with E-state index in [-0.39, 0.29) is 11.8 Å². The molecule has 0 bridgehead atoms. The van der Waals surface area contributed by atoms with Gasteiger partial charge in [-0.3, -0.25) is 9.59 Å². The minimum atomic E-state index is -0.202. The number of nitrogens with one attached hydrogen (secondary N) is 1. The number of piperazine rings is 1. The van der Waals surface area contributed by atoms with E-state index in [1.165, 1.54) is 5.69 Å². The van der Waals surface area contributed by atoms with E-state index in [1.54, 1.807) is 30.5 Å². The maximum Gasteiger partial charge on any atom is 0.251 e. The largest absolute Gasteiger partial charge is 0.486 e. The summed E-state index contributed by atoms with van der Waals surface area (Å²) in [5, 5.41) is 2.83. The quantitative estimate of drug-likeness (QED) is 0.574. The SMILES string of the molecule is Cn1ccnc1COc1ccc(C(=O)NCCC(=O)N2CCN(c3ccccc3)CC2)cc1. The number of benzene rings is 2. The van der Waals surface area contributed by atoms with Crippen LogP contribution in [0.1, 0.15) is 22.6 Å². The van der Waals surface area contributed by atoms with Gasteiger partial charge in [-0.2, -0.15) is 0 Å². The predicted molar refractivity (Wildman–Crippen MR) is 126 cm³/mol. The van der Waals surface area contributed by atoms with Crippen LogP contribution < -0.4 is 15.0 Å². The van der Waals surface area contributed by atoms with Gasteiger partial charge in [-0.25, -0.2) is 4.98 Å². The molecule has 0 atom stereocenters. The summed E-state index contributed by atoms with van der Waals surface area (Å²) in [6.45, 7) is 3.70. The lowest BCUT2D eigenvalue weighted by atomic mass is 10.2. The van der Waals surface area contributed by atoms with Crippen LogP contribution in [-0.4, -0.2) is 59.0 Å². The molecule has 2 heterocycles. The van der Waals surface area contributed by atoms with E-state index in [0.29, 0.717) is 44.0 Å². The van der Waals surface area contributed by atoms with Crippen molar-refractivity contribution in [1.82, 2.24) is 19.8 Å². The van der Waals surface area contributed by atoms with Gasteiger partial charge in [0.25, 0.3) is 5.91 Å². The zero-order valence-electron chi connectivity index (χ0n) is 18.8. The molecule has 8 heteroatoms. The van der Waals surface area contributed by atoms with Gasteiger partial charge < -0.3 is 24.4 Å². The number of para-hydroxylation sites is 1. The van der Waals surface area contributed by atoms with Gasteiger partial charge in [0.05, 0.1) is 0 Å². The summed E-state index contributed by atoms with van der Waals surface area (Å²) in [7, 11) is 1.91. The lowest BCUT2D eigenvalue weighted by Crippen LogP contribution is -2.49. The van der Waals surface area contributed by atoms with Crippen LogP contribution in [0.15, 0.2) is 67.0 Å². The third-order valence-electron chi connectivity index (χ3n) is 5.78. The molecule has 1 aliphatic rings. The van der Waals surface area contributed by atoms with Gasteiger partial charge in [-0.1, -0.05) is 18.2 Å². The standard InChI is InChI=1S/C25H29N5O3/c1-28-14-13-26-23(28)19-33-22-9-7-20(8-10-22)25(32)27-12-11-24(31)30-17-15-29(16-18-30)21-5-3-2-4-6-21/h2-10,13-14H,11-12,15-19H2,1H3,(H,27,32). The molecule has 8 nitrogen and oxygen atoms in total. The van der Waals surface area contributed by atoms with Crippen molar-refractivity contribution in [3.05, 3.63) is 78.4 Å². The molecule has 2 amide bonds. The Morgan fingerprint density at radius 2 is 1.73 bits per heavy atom. The molecule has 172 valence electrons. The zero-order valence-corrected chi connectivity index (χ0v) is 18.8. The lowest BCUT2D eigenvalue weighted by Gasteiger charge is -2.36. The molecule has 1 fully saturated rings. The first-order valence-electron chi connectivity index (χ1n) is 11.2. The molecular weight excluding hydrogens is 418 g/mol. The van der Waals surface area contributed by atoms with Gasteiger partial charge in [0.1, 0.15) is 18.2 Å². The van der Waals surface area contributed by atoms with Gasteiger partial charge >= 0.3 is 0 Å². The minimum absolute atomic E-state index is 0.0704. The first-order valence-corrected chi connectivity index (χ1v) is 11.2. The van der Waals surface area contributed by atoms with E-state index in [0.717, 1.165) is 18.9 Å². The number of aryl methyl sites for hydroxylation is 1. The van der Waals surface area contributed by atoms with Gasteiger partial charge in [-0.05, 0) is 36.4 Å². The van der Waals surface area contributed by atoms with Crippen LogP contribution in [0.2, 0.25) is 0 Å². The first kappa shape index (κ1) is 22.4. The summed E-state index contributed by atoms with van der Waals surface area (Å²) >= 11 is 0. The Bertz CT molecular complexity index is 1060. The normalized spacial score (nSPS) is 13.6. The Morgan fingerprint density at radius 1 is 1.00 bits per heavy atom. The van der Waals surface area contributed by atoms with Crippen LogP contribution in [0.5, 0.6) is 5.75 Å². The molecule has 2 aromatic carbocycles. The highest BCUT2D eigenvalue weighted by molar-refractivity contribution is 5.94. The van der Waals surface area contributed by atoms with Crippen LogP contribution in [0.3, 0.4) is 0 Å². The highest BCUT2D eigenvalue weighted by Gasteiger charge is 2.21. The van der Waals surface area contributed by atoms with Crippen molar-refractivity contribution in [3.8, 4) is 5.75 Å². The monoisotopic (exact) mass is 447 g/mol. The Labute approximate surface area is 193 Å². The fourth-order valence-electron chi connectivity index (χ4n) is 3.78. The number of amides is 2. The minimum Gasteiger partial charge on any atom is -0.486 e. The fourth-order valence-corrected chi connectivity index (χ4v) is 3.78.